The lowest BCUT2D eigenvalue weighted by Crippen LogP contribution is -2.15. The van der Waals surface area contributed by atoms with Gasteiger partial charge in [0.1, 0.15) is 11.3 Å². The highest BCUT2D eigenvalue weighted by molar-refractivity contribution is 5.99. The van der Waals surface area contributed by atoms with Gasteiger partial charge in [-0.1, -0.05) is 42.0 Å². The second kappa shape index (κ2) is 7.40. The number of nitrogens with two attached hydrogens (primary N) is 1. The summed E-state index contributed by atoms with van der Waals surface area (Å²) < 4.78 is 0. The van der Waals surface area contributed by atoms with Crippen LogP contribution in [0.2, 0.25) is 0 Å². The Morgan fingerprint density at radius 1 is 1.23 bits per heavy atom. The monoisotopic (exact) mass is 347 g/mol. The predicted molar refractivity (Wildman–Crippen MR) is 98.0 cm³/mol. The minimum atomic E-state index is -0.580. The fourth-order valence-electron chi connectivity index (χ4n) is 2.64. The normalized spacial score (nSPS) is 10.3. The molecule has 0 bridgehead atoms. The van der Waals surface area contributed by atoms with Crippen LogP contribution < -0.4 is 11.1 Å². The molecule has 1 heterocycles. The van der Waals surface area contributed by atoms with E-state index in [9.17, 15) is 9.90 Å². The van der Waals surface area contributed by atoms with Crippen molar-refractivity contribution in [1.29, 1.82) is 0 Å². The molecule has 2 aromatic carbocycles. The SMILES string of the molecule is [C-]#[N+]c1cccc(Cc2[nH]nc(NCc3ccc(O)cc3)c2C(N)=O)c1. The second-order valence-electron chi connectivity index (χ2n) is 5.77. The van der Waals surface area contributed by atoms with Crippen LogP contribution in [0.5, 0.6) is 5.75 Å². The van der Waals surface area contributed by atoms with E-state index < -0.39 is 5.91 Å². The number of nitrogens with one attached hydrogen (secondary N) is 2. The predicted octanol–water partition coefficient (Wildman–Crippen LogP) is 2.97. The molecule has 0 radical (unpaired) electrons. The maximum Gasteiger partial charge on any atom is 0.254 e. The molecule has 0 spiro atoms. The number of hydrogen-bond donors (Lipinski definition) is 4. The smallest absolute Gasteiger partial charge is 0.254 e. The van der Waals surface area contributed by atoms with Crippen LogP contribution in [0.3, 0.4) is 0 Å². The van der Waals surface area contributed by atoms with Crippen LogP contribution in [-0.4, -0.2) is 21.2 Å². The summed E-state index contributed by atoms with van der Waals surface area (Å²) in [5, 5.41) is 19.4. The summed E-state index contributed by atoms with van der Waals surface area (Å²) in [7, 11) is 0. The van der Waals surface area contributed by atoms with E-state index in [0.29, 0.717) is 35.7 Å². The van der Waals surface area contributed by atoms with Gasteiger partial charge in [-0.3, -0.25) is 9.89 Å². The zero-order valence-corrected chi connectivity index (χ0v) is 13.9. The van der Waals surface area contributed by atoms with Gasteiger partial charge in [0.05, 0.1) is 12.3 Å². The van der Waals surface area contributed by atoms with Gasteiger partial charge in [0.15, 0.2) is 11.5 Å². The molecule has 0 aliphatic rings. The molecule has 7 heteroatoms. The number of phenols is 1. The number of aromatic amines is 1. The molecule has 0 atom stereocenters. The lowest BCUT2D eigenvalue weighted by Gasteiger charge is -2.06. The van der Waals surface area contributed by atoms with Gasteiger partial charge in [-0.25, -0.2) is 4.85 Å². The first-order chi connectivity index (χ1) is 12.6. The van der Waals surface area contributed by atoms with Gasteiger partial charge < -0.3 is 16.2 Å². The summed E-state index contributed by atoms with van der Waals surface area (Å²) in [6.07, 6.45) is 0.412. The molecule has 26 heavy (non-hydrogen) atoms. The molecule has 7 nitrogen and oxygen atoms in total. The number of rotatable bonds is 6. The molecule has 1 amide bonds. The number of benzene rings is 2. The summed E-state index contributed by atoms with van der Waals surface area (Å²) in [6.45, 7) is 7.52. The number of carbonyl (C=O) groups is 1. The number of aromatic nitrogens is 2. The van der Waals surface area contributed by atoms with Crippen LogP contribution >= 0.6 is 0 Å². The van der Waals surface area contributed by atoms with E-state index in [1.165, 1.54) is 0 Å². The molecule has 5 N–H and O–H groups in total. The molecule has 0 saturated carbocycles. The first-order valence-electron chi connectivity index (χ1n) is 7.92. The highest BCUT2D eigenvalue weighted by atomic mass is 16.3. The molecular formula is C19H17N5O2. The minimum Gasteiger partial charge on any atom is -0.508 e. The number of phenolic OH excluding ortho intramolecular Hbond substituents is 1. The lowest BCUT2D eigenvalue weighted by atomic mass is 10.1. The quantitative estimate of drug-likeness (QED) is 0.514. The van der Waals surface area contributed by atoms with Crippen molar-refractivity contribution in [3.8, 4) is 5.75 Å². The Morgan fingerprint density at radius 3 is 2.69 bits per heavy atom. The number of carbonyl (C=O) groups excluding carboxylic acids is 1. The Hall–Kier alpha value is -3.79. The molecular weight excluding hydrogens is 330 g/mol. The third kappa shape index (κ3) is 3.82. The highest BCUT2D eigenvalue weighted by Gasteiger charge is 2.18. The van der Waals surface area contributed by atoms with Gasteiger partial charge in [0.2, 0.25) is 0 Å². The minimum absolute atomic E-state index is 0.190. The summed E-state index contributed by atoms with van der Waals surface area (Å²) in [4.78, 5) is 15.3. The first-order valence-corrected chi connectivity index (χ1v) is 7.92. The first kappa shape index (κ1) is 17.0. The molecule has 0 aliphatic carbocycles. The van der Waals surface area contributed by atoms with Crippen LogP contribution in [0.25, 0.3) is 4.85 Å². The molecule has 0 fully saturated rings. The van der Waals surface area contributed by atoms with Crippen molar-refractivity contribution >= 4 is 17.4 Å². The van der Waals surface area contributed by atoms with Gasteiger partial charge in [-0.05, 0) is 17.7 Å². The third-order valence-corrected chi connectivity index (χ3v) is 3.90. The maximum absolute atomic E-state index is 11.9. The van der Waals surface area contributed by atoms with E-state index in [1.807, 2.05) is 6.07 Å². The Bertz CT molecular complexity index is 970. The van der Waals surface area contributed by atoms with Gasteiger partial charge in [-0.2, -0.15) is 5.10 Å². The largest absolute Gasteiger partial charge is 0.508 e. The zero-order chi connectivity index (χ0) is 18.5. The number of nitrogens with zero attached hydrogens (tertiary/aromatic N) is 2. The number of aromatic hydroxyl groups is 1. The van der Waals surface area contributed by atoms with Gasteiger partial charge in [0.25, 0.3) is 5.91 Å². The number of anilines is 1. The van der Waals surface area contributed by atoms with E-state index in [4.69, 9.17) is 12.3 Å². The van der Waals surface area contributed by atoms with Crippen molar-refractivity contribution in [2.45, 2.75) is 13.0 Å². The second-order valence-corrected chi connectivity index (χ2v) is 5.77. The number of amides is 1. The summed E-state index contributed by atoms with van der Waals surface area (Å²) in [5.41, 5.74) is 8.77. The van der Waals surface area contributed by atoms with Crippen LogP contribution in [0.15, 0.2) is 48.5 Å². The fraction of sp³-hybridized carbons (Fsp3) is 0.105. The Balaban J connectivity index is 1.80. The van der Waals surface area contributed by atoms with E-state index in [-0.39, 0.29) is 5.75 Å². The van der Waals surface area contributed by atoms with Gasteiger partial charge in [0, 0.05) is 13.0 Å². The van der Waals surface area contributed by atoms with Crippen molar-refractivity contribution in [1.82, 2.24) is 10.2 Å². The average molecular weight is 347 g/mol. The molecule has 0 unspecified atom stereocenters. The molecule has 3 rings (SSSR count). The van der Waals surface area contributed by atoms with Gasteiger partial charge in [-0.15, -0.1) is 0 Å². The molecule has 1 aromatic heterocycles. The van der Waals surface area contributed by atoms with Crippen molar-refractivity contribution in [2.75, 3.05) is 5.32 Å². The maximum atomic E-state index is 11.9. The summed E-state index contributed by atoms with van der Waals surface area (Å²) in [5.74, 6) is -0.0135. The Morgan fingerprint density at radius 2 is 2.00 bits per heavy atom. The molecule has 0 aliphatic heterocycles. The van der Waals surface area contributed by atoms with E-state index in [0.717, 1.165) is 11.1 Å². The Kier molecular flexibility index (Phi) is 4.85. The third-order valence-electron chi connectivity index (χ3n) is 3.90. The van der Waals surface area contributed by atoms with Gasteiger partial charge >= 0.3 is 0 Å². The van der Waals surface area contributed by atoms with E-state index in [2.05, 4.69) is 20.4 Å². The van der Waals surface area contributed by atoms with Crippen molar-refractivity contribution in [3.63, 3.8) is 0 Å². The standard InChI is InChI=1S/C19H17N5O2/c1-21-14-4-2-3-13(9-14)10-16-17(18(20)26)19(24-23-16)22-11-12-5-7-15(25)8-6-12/h2-9,25H,10-11H2,(H2,20,26)(H2,22,23,24). The van der Waals surface area contributed by atoms with Crippen LogP contribution in [0, 0.1) is 6.57 Å². The number of primary amides is 1. The Labute approximate surface area is 150 Å². The van der Waals surface area contributed by atoms with E-state index >= 15 is 0 Å². The van der Waals surface area contributed by atoms with Crippen molar-refractivity contribution < 1.29 is 9.90 Å². The molecule has 3 aromatic rings. The molecule has 130 valence electrons. The molecule has 0 saturated heterocycles. The lowest BCUT2D eigenvalue weighted by molar-refractivity contribution is 0.100. The van der Waals surface area contributed by atoms with E-state index in [1.54, 1.807) is 42.5 Å². The van der Waals surface area contributed by atoms with Crippen LogP contribution in [0.4, 0.5) is 11.5 Å². The van der Waals surface area contributed by atoms with Crippen molar-refractivity contribution in [3.05, 3.63) is 82.3 Å². The van der Waals surface area contributed by atoms with Crippen LogP contribution in [-0.2, 0) is 13.0 Å². The van der Waals surface area contributed by atoms with Crippen LogP contribution in [0.1, 0.15) is 27.2 Å². The zero-order valence-electron chi connectivity index (χ0n) is 13.9. The average Bonchev–Trinajstić information content (AvgIpc) is 3.04. The number of H-pyrrole nitrogens is 1. The van der Waals surface area contributed by atoms with Crippen molar-refractivity contribution in [2.24, 2.45) is 5.73 Å². The topological polar surface area (TPSA) is 108 Å². The summed E-state index contributed by atoms with van der Waals surface area (Å²) in [6, 6.07) is 13.9. The number of hydrogen-bond acceptors (Lipinski definition) is 4. The highest BCUT2D eigenvalue weighted by Crippen LogP contribution is 2.22. The fourth-order valence-corrected chi connectivity index (χ4v) is 2.64. The summed E-state index contributed by atoms with van der Waals surface area (Å²) >= 11 is 0.